The van der Waals surface area contributed by atoms with E-state index >= 15 is 0 Å². The van der Waals surface area contributed by atoms with Crippen LogP contribution in [0.1, 0.15) is 109 Å². The SMILES string of the molecule is C=C(CCCCCCCCCCCCC)NCCCCC(NC(=O)OCc1ccccc1)C(=O)Nc1ccccc1. The Balaban J connectivity index is 1.61. The standard InChI is InChI=1S/C35H53N3O3/c1-3-4-5-6-7-8-9-10-11-12-15-22-30(2)36-28-21-20-27-33(34(39)37-32-25-18-14-19-26-32)38-35(40)41-29-31-23-16-13-17-24-31/h13-14,16-19,23-26,33,36H,2-12,15,20-22,27-29H2,1H3,(H,37,39)(H,38,40). The first kappa shape index (κ1) is 33.9. The van der Waals surface area contributed by atoms with Crippen LogP contribution in [0.25, 0.3) is 0 Å². The fourth-order valence-corrected chi connectivity index (χ4v) is 4.76. The molecule has 6 heteroatoms. The van der Waals surface area contributed by atoms with Crippen LogP contribution in [0, 0.1) is 0 Å². The number of hydrogen-bond donors (Lipinski definition) is 3. The van der Waals surface area contributed by atoms with E-state index < -0.39 is 12.1 Å². The first-order valence-electron chi connectivity index (χ1n) is 15.8. The van der Waals surface area contributed by atoms with E-state index in [0.29, 0.717) is 12.1 Å². The van der Waals surface area contributed by atoms with Crippen LogP contribution in [-0.4, -0.2) is 24.6 Å². The Bertz CT molecular complexity index is 965. The Hall–Kier alpha value is -3.28. The smallest absolute Gasteiger partial charge is 0.408 e. The zero-order valence-corrected chi connectivity index (χ0v) is 25.3. The molecule has 0 saturated carbocycles. The summed E-state index contributed by atoms with van der Waals surface area (Å²) in [7, 11) is 0. The highest BCUT2D eigenvalue weighted by Crippen LogP contribution is 2.13. The van der Waals surface area contributed by atoms with Crippen LogP contribution in [-0.2, 0) is 16.1 Å². The van der Waals surface area contributed by atoms with Gasteiger partial charge in [0.2, 0.25) is 5.91 Å². The van der Waals surface area contributed by atoms with Crippen molar-refractivity contribution in [2.75, 3.05) is 11.9 Å². The molecule has 0 saturated heterocycles. The number of benzene rings is 2. The molecular formula is C35H53N3O3. The lowest BCUT2D eigenvalue weighted by molar-refractivity contribution is -0.118. The fraction of sp³-hybridized carbons (Fsp3) is 0.543. The second-order valence-electron chi connectivity index (χ2n) is 10.9. The van der Waals surface area contributed by atoms with E-state index in [1.54, 1.807) is 0 Å². The Labute approximate surface area is 248 Å². The molecule has 0 bridgehead atoms. The molecule has 41 heavy (non-hydrogen) atoms. The van der Waals surface area contributed by atoms with Gasteiger partial charge >= 0.3 is 6.09 Å². The molecule has 0 aliphatic heterocycles. The van der Waals surface area contributed by atoms with Crippen LogP contribution in [0.3, 0.4) is 0 Å². The predicted molar refractivity (Wildman–Crippen MR) is 171 cm³/mol. The van der Waals surface area contributed by atoms with Gasteiger partial charge in [-0.3, -0.25) is 4.79 Å². The van der Waals surface area contributed by atoms with Crippen LogP contribution in [0.5, 0.6) is 0 Å². The molecule has 2 aromatic carbocycles. The van der Waals surface area contributed by atoms with Crippen molar-refractivity contribution < 1.29 is 14.3 Å². The summed E-state index contributed by atoms with van der Waals surface area (Å²) in [5, 5.41) is 9.09. The van der Waals surface area contributed by atoms with E-state index in [-0.39, 0.29) is 12.5 Å². The maximum Gasteiger partial charge on any atom is 0.408 e. The van der Waals surface area contributed by atoms with Crippen molar-refractivity contribution in [1.82, 2.24) is 10.6 Å². The van der Waals surface area contributed by atoms with E-state index in [1.807, 2.05) is 60.7 Å². The number of ether oxygens (including phenoxy) is 1. The molecule has 226 valence electrons. The Morgan fingerprint density at radius 2 is 1.34 bits per heavy atom. The number of para-hydroxylation sites is 1. The van der Waals surface area contributed by atoms with E-state index in [1.165, 1.54) is 70.6 Å². The van der Waals surface area contributed by atoms with Crippen molar-refractivity contribution in [3.05, 3.63) is 78.5 Å². The normalized spacial score (nSPS) is 11.4. The number of unbranched alkanes of at least 4 members (excludes halogenated alkanes) is 11. The molecule has 2 aromatic rings. The second-order valence-corrected chi connectivity index (χ2v) is 10.9. The topological polar surface area (TPSA) is 79.5 Å². The lowest BCUT2D eigenvalue weighted by Gasteiger charge is -2.19. The van der Waals surface area contributed by atoms with E-state index in [9.17, 15) is 9.59 Å². The highest BCUT2D eigenvalue weighted by molar-refractivity contribution is 5.96. The minimum Gasteiger partial charge on any atom is -0.445 e. The summed E-state index contributed by atoms with van der Waals surface area (Å²) >= 11 is 0. The summed E-state index contributed by atoms with van der Waals surface area (Å²) in [6, 6.07) is 18.1. The summed E-state index contributed by atoms with van der Waals surface area (Å²) in [6.07, 6.45) is 17.4. The van der Waals surface area contributed by atoms with Gasteiger partial charge in [-0.1, -0.05) is 126 Å². The van der Waals surface area contributed by atoms with Crippen molar-refractivity contribution in [3.63, 3.8) is 0 Å². The number of nitrogens with one attached hydrogen (secondary N) is 3. The maximum atomic E-state index is 13.0. The number of anilines is 1. The molecule has 2 amide bonds. The largest absolute Gasteiger partial charge is 0.445 e. The van der Waals surface area contributed by atoms with Crippen molar-refractivity contribution in [3.8, 4) is 0 Å². The third-order valence-corrected chi connectivity index (χ3v) is 7.24. The van der Waals surface area contributed by atoms with Crippen LogP contribution >= 0.6 is 0 Å². The molecule has 0 aliphatic rings. The molecule has 0 aromatic heterocycles. The van der Waals surface area contributed by atoms with Gasteiger partial charge < -0.3 is 20.7 Å². The number of rotatable bonds is 23. The Morgan fingerprint density at radius 1 is 0.756 bits per heavy atom. The molecule has 1 unspecified atom stereocenters. The van der Waals surface area contributed by atoms with Gasteiger partial charge in [-0.2, -0.15) is 0 Å². The number of allylic oxidation sites excluding steroid dienone is 1. The first-order chi connectivity index (χ1) is 20.1. The monoisotopic (exact) mass is 563 g/mol. The van der Waals surface area contributed by atoms with Gasteiger partial charge in [-0.15, -0.1) is 0 Å². The van der Waals surface area contributed by atoms with Gasteiger partial charge in [0.25, 0.3) is 0 Å². The van der Waals surface area contributed by atoms with Gasteiger partial charge in [0.15, 0.2) is 0 Å². The molecule has 0 aliphatic carbocycles. The molecule has 6 nitrogen and oxygen atoms in total. The molecule has 0 radical (unpaired) electrons. The predicted octanol–water partition coefficient (Wildman–Crippen LogP) is 8.89. The van der Waals surface area contributed by atoms with Crippen LogP contribution in [0.2, 0.25) is 0 Å². The highest BCUT2D eigenvalue weighted by atomic mass is 16.5. The minimum atomic E-state index is -0.682. The summed E-state index contributed by atoms with van der Waals surface area (Å²) in [6.45, 7) is 7.41. The lowest BCUT2D eigenvalue weighted by Crippen LogP contribution is -2.44. The molecule has 2 rings (SSSR count). The number of carbonyl (C=O) groups excluding carboxylic acids is 2. The van der Waals surface area contributed by atoms with E-state index in [2.05, 4.69) is 29.5 Å². The quantitative estimate of drug-likeness (QED) is 0.118. The van der Waals surface area contributed by atoms with Crippen LogP contribution in [0.4, 0.5) is 10.5 Å². The van der Waals surface area contributed by atoms with Crippen molar-refractivity contribution in [2.45, 2.75) is 116 Å². The zero-order valence-electron chi connectivity index (χ0n) is 25.3. The van der Waals surface area contributed by atoms with E-state index in [0.717, 1.165) is 37.1 Å². The number of hydrogen-bond acceptors (Lipinski definition) is 4. The van der Waals surface area contributed by atoms with Crippen LogP contribution < -0.4 is 16.0 Å². The number of amides is 2. The number of alkyl carbamates (subject to hydrolysis) is 1. The molecule has 0 heterocycles. The first-order valence-corrected chi connectivity index (χ1v) is 15.8. The Morgan fingerprint density at radius 3 is 1.98 bits per heavy atom. The molecule has 3 N–H and O–H groups in total. The van der Waals surface area contributed by atoms with E-state index in [4.69, 9.17) is 4.74 Å². The minimum absolute atomic E-state index is 0.158. The third kappa shape index (κ3) is 17.2. The fourth-order valence-electron chi connectivity index (χ4n) is 4.76. The molecule has 0 spiro atoms. The highest BCUT2D eigenvalue weighted by Gasteiger charge is 2.21. The zero-order chi connectivity index (χ0) is 29.4. The summed E-state index contributed by atoms with van der Waals surface area (Å²) < 4.78 is 5.36. The summed E-state index contributed by atoms with van der Waals surface area (Å²) in [4.78, 5) is 25.4. The maximum absolute atomic E-state index is 13.0. The molecule has 1 atom stereocenters. The van der Waals surface area contributed by atoms with Crippen LogP contribution in [0.15, 0.2) is 72.9 Å². The van der Waals surface area contributed by atoms with Crippen molar-refractivity contribution in [1.29, 1.82) is 0 Å². The summed E-state index contributed by atoms with van der Waals surface area (Å²) in [5.41, 5.74) is 2.68. The summed E-state index contributed by atoms with van der Waals surface area (Å²) in [5.74, 6) is -0.248. The number of carbonyl (C=O) groups is 2. The molecular weight excluding hydrogens is 510 g/mol. The van der Waals surface area contributed by atoms with Gasteiger partial charge in [-0.25, -0.2) is 4.79 Å². The lowest BCUT2D eigenvalue weighted by atomic mass is 10.0. The Kier molecular flexibility index (Phi) is 18.5. The van der Waals surface area contributed by atoms with Crippen molar-refractivity contribution in [2.24, 2.45) is 0 Å². The van der Waals surface area contributed by atoms with Gasteiger partial charge in [0.05, 0.1) is 0 Å². The van der Waals surface area contributed by atoms with Gasteiger partial charge in [-0.05, 0) is 49.8 Å². The van der Waals surface area contributed by atoms with Gasteiger partial charge in [0.1, 0.15) is 12.6 Å². The second kappa shape index (κ2) is 22.4. The van der Waals surface area contributed by atoms with Crippen molar-refractivity contribution >= 4 is 17.7 Å². The average Bonchev–Trinajstić information content (AvgIpc) is 2.99. The average molecular weight is 564 g/mol. The molecule has 0 fully saturated rings. The third-order valence-electron chi connectivity index (χ3n) is 7.24. The van der Waals surface area contributed by atoms with Gasteiger partial charge in [0, 0.05) is 17.9 Å².